The number of esters is 1. The van der Waals surface area contributed by atoms with Crippen LogP contribution in [0.15, 0.2) is 24.7 Å². The van der Waals surface area contributed by atoms with Crippen molar-refractivity contribution in [3.8, 4) is 0 Å². The minimum absolute atomic E-state index is 0.224. The molecule has 0 aliphatic carbocycles. The normalized spacial score (nSPS) is 10.6. The van der Waals surface area contributed by atoms with Crippen molar-refractivity contribution in [3.05, 3.63) is 24.7 Å². The lowest BCUT2D eigenvalue weighted by molar-refractivity contribution is -0.142. The molecule has 0 saturated carbocycles. The second-order valence-electron chi connectivity index (χ2n) is 2.88. The van der Waals surface area contributed by atoms with Gasteiger partial charge in [-0.15, -0.1) is 0 Å². The van der Waals surface area contributed by atoms with Gasteiger partial charge in [0.25, 0.3) is 0 Å². The summed E-state index contributed by atoms with van der Waals surface area (Å²) >= 11 is 0. The second-order valence-corrected chi connectivity index (χ2v) is 2.88. The van der Waals surface area contributed by atoms with Crippen molar-refractivity contribution < 1.29 is 9.53 Å². The van der Waals surface area contributed by atoms with E-state index in [-0.39, 0.29) is 12.4 Å². The highest BCUT2D eigenvalue weighted by molar-refractivity contribution is 5.72. The Hall–Kier alpha value is -1.45. The van der Waals surface area contributed by atoms with Crippen molar-refractivity contribution in [1.82, 2.24) is 10.2 Å². The van der Waals surface area contributed by atoms with E-state index < -0.39 is 0 Å². The summed E-state index contributed by atoms with van der Waals surface area (Å²) in [4.78, 5) is 13.0. The van der Waals surface area contributed by atoms with Crippen molar-refractivity contribution in [2.45, 2.75) is 13.3 Å². The molecule has 1 N–H and O–H groups in total. The average molecular weight is 198 g/mol. The van der Waals surface area contributed by atoms with Crippen molar-refractivity contribution in [1.29, 1.82) is 0 Å². The van der Waals surface area contributed by atoms with Crippen LogP contribution in [0.1, 0.15) is 13.3 Å². The zero-order chi connectivity index (χ0) is 11.0. The van der Waals surface area contributed by atoms with Crippen LogP contribution in [-0.2, 0) is 9.53 Å². The molecular weight excluding hydrogens is 180 g/mol. The molecule has 0 atom stereocenters. The molecule has 0 aromatic rings. The van der Waals surface area contributed by atoms with Crippen LogP contribution in [0.4, 0.5) is 0 Å². The van der Waals surface area contributed by atoms with Gasteiger partial charge in [-0.2, -0.15) is 0 Å². The van der Waals surface area contributed by atoms with Crippen LogP contribution in [-0.4, -0.2) is 31.6 Å². The zero-order valence-electron chi connectivity index (χ0n) is 9.04. The molecule has 80 valence electrons. The summed E-state index contributed by atoms with van der Waals surface area (Å²) in [6.07, 6.45) is 3.54. The quantitative estimate of drug-likeness (QED) is 0.648. The van der Waals surface area contributed by atoms with Gasteiger partial charge in [0.05, 0.1) is 13.0 Å². The minimum Gasteiger partial charge on any atom is -0.466 e. The minimum atomic E-state index is -0.224. The van der Waals surface area contributed by atoms with Gasteiger partial charge in [0.1, 0.15) is 0 Å². The first-order valence-corrected chi connectivity index (χ1v) is 4.50. The van der Waals surface area contributed by atoms with E-state index in [1.807, 2.05) is 19.0 Å². The third-order valence-electron chi connectivity index (χ3n) is 1.57. The first kappa shape index (κ1) is 12.6. The first-order valence-electron chi connectivity index (χ1n) is 4.50. The summed E-state index contributed by atoms with van der Waals surface area (Å²) in [6.45, 7) is 5.72. The van der Waals surface area contributed by atoms with E-state index in [0.717, 1.165) is 5.70 Å². The van der Waals surface area contributed by atoms with E-state index in [0.29, 0.717) is 6.61 Å². The van der Waals surface area contributed by atoms with Gasteiger partial charge in [-0.1, -0.05) is 6.58 Å². The molecule has 14 heavy (non-hydrogen) atoms. The molecule has 0 unspecified atom stereocenters. The van der Waals surface area contributed by atoms with Gasteiger partial charge in [0, 0.05) is 26.0 Å². The Morgan fingerprint density at radius 3 is 2.64 bits per heavy atom. The Balaban J connectivity index is 4.22. The monoisotopic (exact) mass is 198 g/mol. The molecule has 0 aromatic carbocycles. The van der Waals surface area contributed by atoms with Crippen LogP contribution in [0.3, 0.4) is 0 Å². The molecule has 0 spiro atoms. The molecular formula is C10H18N2O2. The highest BCUT2D eigenvalue weighted by Crippen LogP contribution is 2.04. The van der Waals surface area contributed by atoms with Crippen molar-refractivity contribution in [3.63, 3.8) is 0 Å². The fourth-order valence-corrected chi connectivity index (χ4v) is 0.853. The van der Waals surface area contributed by atoms with Crippen LogP contribution in [0.25, 0.3) is 0 Å². The number of hydrogen-bond donors (Lipinski definition) is 1. The third-order valence-corrected chi connectivity index (χ3v) is 1.57. The lowest BCUT2D eigenvalue weighted by Crippen LogP contribution is -2.18. The van der Waals surface area contributed by atoms with Gasteiger partial charge >= 0.3 is 5.97 Å². The molecule has 0 aromatic heterocycles. The summed E-state index contributed by atoms with van der Waals surface area (Å²) in [7, 11) is 3.74. The highest BCUT2D eigenvalue weighted by Gasteiger charge is 2.07. The molecule has 4 heteroatoms. The van der Waals surface area contributed by atoms with Gasteiger partial charge in [-0.05, 0) is 13.1 Å². The molecule has 0 rings (SSSR count). The number of carbonyl (C=O) groups is 1. The van der Waals surface area contributed by atoms with Crippen LogP contribution >= 0.6 is 0 Å². The fraction of sp³-hybridized carbons (Fsp3) is 0.500. The van der Waals surface area contributed by atoms with E-state index in [1.165, 1.54) is 0 Å². The Labute approximate surface area is 85.2 Å². The molecule has 0 amide bonds. The topological polar surface area (TPSA) is 41.6 Å². The molecule has 0 aliphatic rings. The summed E-state index contributed by atoms with van der Waals surface area (Å²) < 4.78 is 4.84. The van der Waals surface area contributed by atoms with Gasteiger partial charge in [0.2, 0.25) is 0 Å². The third kappa shape index (κ3) is 5.24. The van der Waals surface area contributed by atoms with Crippen LogP contribution < -0.4 is 5.32 Å². The van der Waals surface area contributed by atoms with Crippen molar-refractivity contribution >= 4 is 5.97 Å². The Morgan fingerprint density at radius 2 is 2.21 bits per heavy atom. The highest BCUT2D eigenvalue weighted by atomic mass is 16.5. The van der Waals surface area contributed by atoms with Crippen molar-refractivity contribution in [2.75, 3.05) is 20.7 Å². The summed E-state index contributed by atoms with van der Waals surface area (Å²) in [6, 6.07) is 0. The van der Waals surface area contributed by atoms with Crippen LogP contribution in [0.5, 0.6) is 0 Å². The molecule has 0 bridgehead atoms. The SMILES string of the molecule is C=CN/C=C(/CC(=O)OCC)N(C)C. The lowest BCUT2D eigenvalue weighted by atomic mass is 10.3. The molecule has 0 fully saturated rings. The number of nitrogens with zero attached hydrogens (tertiary/aromatic N) is 1. The summed E-state index contributed by atoms with van der Waals surface area (Å²) in [5.74, 6) is -0.224. The number of rotatable bonds is 6. The zero-order valence-corrected chi connectivity index (χ0v) is 9.04. The largest absolute Gasteiger partial charge is 0.466 e. The smallest absolute Gasteiger partial charge is 0.311 e. The van der Waals surface area contributed by atoms with Gasteiger partial charge < -0.3 is 15.0 Å². The predicted molar refractivity (Wildman–Crippen MR) is 56.4 cm³/mol. The molecule has 4 nitrogen and oxygen atoms in total. The molecule has 0 heterocycles. The van der Waals surface area contributed by atoms with E-state index in [2.05, 4.69) is 11.9 Å². The van der Waals surface area contributed by atoms with E-state index in [9.17, 15) is 4.79 Å². The second kappa shape index (κ2) is 7.00. The van der Waals surface area contributed by atoms with E-state index in [1.54, 1.807) is 19.3 Å². The van der Waals surface area contributed by atoms with Gasteiger partial charge in [-0.25, -0.2) is 0 Å². The Kier molecular flexibility index (Phi) is 6.28. The van der Waals surface area contributed by atoms with Gasteiger partial charge in [0.15, 0.2) is 0 Å². The lowest BCUT2D eigenvalue weighted by Gasteiger charge is -2.16. The maximum Gasteiger partial charge on any atom is 0.311 e. The molecule has 0 saturated heterocycles. The fourth-order valence-electron chi connectivity index (χ4n) is 0.853. The first-order chi connectivity index (χ1) is 6.61. The maximum atomic E-state index is 11.2. The maximum absolute atomic E-state index is 11.2. The Morgan fingerprint density at radius 1 is 1.57 bits per heavy atom. The number of nitrogens with one attached hydrogen (secondary N) is 1. The standard InChI is InChI=1S/C10H18N2O2/c1-5-11-8-9(12(3)4)7-10(13)14-6-2/h5,8,11H,1,6-7H2,2-4H3/b9-8-. The molecule has 0 radical (unpaired) electrons. The number of carbonyl (C=O) groups excluding carboxylic acids is 1. The van der Waals surface area contributed by atoms with E-state index >= 15 is 0 Å². The Bertz CT molecular complexity index is 222. The van der Waals surface area contributed by atoms with Crippen LogP contribution in [0.2, 0.25) is 0 Å². The molecule has 0 aliphatic heterocycles. The van der Waals surface area contributed by atoms with E-state index in [4.69, 9.17) is 4.74 Å². The average Bonchev–Trinajstić information content (AvgIpc) is 2.12. The number of hydrogen-bond acceptors (Lipinski definition) is 4. The predicted octanol–water partition coefficient (Wildman–Crippen LogP) is 1.08. The van der Waals surface area contributed by atoms with Gasteiger partial charge in [-0.3, -0.25) is 4.79 Å². The van der Waals surface area contributed by atoms with Crippen LogP contribution in [0, 0.1) is 0 Å². The summed E-state index contributed by atoms with van der Waals surface area (Å²) in [5, 5.41) is 2.83. The van der Waals surface area contributed by atoms with Crippen molar-refractivity contribution in [2.24, 2.45) is 0 Å². The summed E-state index contributed by atoms with van der Waals surface area (Å²) in [5.41, 5.74) is 0.850. The number of ether oxygens (including phenoxy) is 1.